The largest absolute Gasteiger partial charge is 0.290 e. The summed E-state index contributed by atoms with van der Waals surface area (Å²) in [5, 5.41) is 0. The molecule has 0 bridgehead atoms. The quantitative estimate of drug-likeness (QED) is 0.596. The van der Waals surface area contributed by atoms with E-state index in [-0.39, 0.29) is 0 Å². The van der Waals surface area contributed by atoms with Gasteiger partial charge < -0.3 is 0 Å². The molecule has 0 radical (unpaired) electrons. The molecule has 2 unspecified atom stereocenters. The lowest BCUT2D eigenvalue weighted by atomic mass is 10.2. The summed E-state index contributed by atoms with van der Waals surface area (Å²) in [6.45, 7) is 0.844. The Hall–Kier alpha value is 0.660. The van der Waals surface area contributed by atoms with Crippen LogP contribution in [-0.4, -0.2) is 34.1 Å². The Kier molecular flexibility index (Phi) is 8.21. The molecule has 0 N–H and O–H groups in total. The van der Waals surface area contributed by atoms with E-state index in [0.717, 1.165) is 25.7 Å². The number of hydrogen-bond acceptors (Lipinski definition) is 6. The van der Waals surface area contributed by atoms with Crippen molar-refractivity contribution < 1.29 is 16.8 Å². The highest BCUT2D eigenvalue weighted by molar-refractivity contribution is 8.30. The van der Waals surface area contributed by atoms with Crippen molar-refractivity contribution >= 4 is 39.9 Å². The Labute approximate surface area is 108 Å². The lowest BCUT2D eigenvalue weighted by Gasteiger charge is -2.04. The van der Waals surface area contributed by atoms with Crippen LogP contribution in [0.15, 0.2) is 0 Å². The van der Waals surface area contributed by atoms with Crippen molar-refractivity contribution in [1.82, 2.24) is 0 Å². The van der Waals surface area contributed by atoms with E-state index in [2.05, 4.69) is 22.4 Å². The van der Waals surface area contributed by atoms with Crippen molar-refractivity contribution in [3.63, 3.8) is 0 Å². The molecular weight excluding hydrogens is 288 g/mol. The number of rotatable bonds is 9. The van der Waals surface area contributed by atoms with E-state index in [0.29, 0.717) is 13.2 Å². The van der Waals surface area contributed by atoms with Gasteiger partial charge in [0.25, 0.3) is 0 Å². The second kappa shape index (κ2) is 7.88. The summed E-state index contributed by atoms with van der Waals surface area (Å²) in [7, 11) is -4.97. The van der Waals surface area contributed by atoms with Crippen LogP contribution in [0.4, 0.5) is 0 Å². The minimum absolute atomic E-state index is 0.422. The summed E-state index contributed by atoms with van der Waals surface area (Å²) < 4.78 is 31.8. The monoisotopic (exact) mass is 306 g/mol. The highest BCUT2D eigenvalue weighted by Crippen LogP contribution is 2.03. The van der Waals surface area contributed by atoms with Crippen LogP contribution in [0.1, 0.15) is 25.7 Å². The van der Waals surface area contributed by atoms with E-state index in [1.807, 2.05) is 0 Å². The Morgan fingerprint density at radius 2 is 1.12 bits per heavy atom. The molecule has 0 heterocycles. The summed E-state index contributed by atoms with van der Waals surface area (Å²) in [5.74, 6) is 0. The van der Waals surface area contributed by atoms with Crippen molar-refractivity contribution in [2.24, 2.45) is 0 Å². The second-order valence-corrected chi connectivity index (χ2v) is 10.4. The van der Waals surface area contributed by atoms with Gasteiger partial charge in [0, 0.05) is 34.9 Å². The fourth-order valence-corrected chi connectivity index (χ4v) is 2.23. The summed E-state index contributed by atoms with van der Waals surface area (Å²) >= 11 is 9.17. The van der Waals surface area contributed by atoms with Crippen LogP contribution in [0.25, 0.3) is 0 Å². The van der Waals surface area contributed by atoms with Gasteiger partial charge in [0.2, 0.25) is 0 Å². The SMILES string of the molecule is CS(=O)(=S)OCCCCCCOS(C)(=O)=S. The topological polar surface area (TPSA) is 52.6 Å². The normalized spacial score (nSPS) is 18.9. The minimum Gasteiger partial charge on any atom is -0.290 e. The van der Waals surface area contributed by atoms with E-state index < -0.39 is 17.5 Å². The molecule has 0 amide bonds. The molecule has 0 aliphatic rings. The first-order valence-corrected chi connectivity index (χ1v) is 10.5. The standard InChI is InChI=1S/C8H18O4S4/c1-15(9,13)11-7-5-3-4-6-8-12-16(2,10)14/h3-8H2,1-2H3. The molecule has 2 atom stereocenters. The molecule has 0 aliphatic heterocycles. The van der Waals surface area contributed by atoms with Gasteiger partial charge >= 0.3 is 0 Å². The maximum absolute atomic E-state index is 11.0. The predicted octanol–water partition coefficient (Wildman–Crippen LogP) is 1.16. The molecule has 0 rings (SSSR count). The molecule has 0 aliphatic carbocycles. The first kappa shape index (κ1) is 16.7. The van der Waals surface area contributed by atoms with Crippen molar-refractivity contribution in [1.29, 1.82) is 0 Å². The van der Waals surface area contributed by atoms with Crippen LogP contribution in [-0.2, 0) is 48.3 Å². The van der Waals surface area contributed by atoms with E-state index in [4.69, 9.17) is 8.37 Å². The number of hydrogen-bond donors (Lipinski definition) is 0. The van der Waals surface area contributed by atoms with Crippen LogP contribution >= 0.6 is 0 Å². The van der Waals surface area contributed by atoms with Gasteiger partial charge in [-0.2, -0.15) is 0 Å². The van der Waals surface area contributed by atoms with Gasteiger partial charge in [-0.15, -0.1) is 0 Å². The Morgan fingerprint density at radius 1 is 0.812 bits per heavy atom. The lowest BCUT2D eigenvalue weighted by molar-refractivity contribution is 0.314. The zero-order chi connectivity index (χ0) is 12.7. The average molecular weight is 306 g/mol. The minimum atomic E-state index is -2.48. The van der Waals surface area contributed by atoms with Gasteiger partial charge in [0.05, 0.1) is 13.2 Å². The molecule has 98 valence electrons. The molecule has 16 heavy (non-hydrogen) atoms. The molecule has 0 fully saturated rings. The lowest BCUT2D eigenvalue weighted by Crippen LogP contribution is -2.04. The molecule has 4 nitrogen and oxygen atoms in total. The maximum atomic E-state index is 11.0. The first-order chi connectivity index (χ1) is 7.21. The molecule has 0 aromatic rings. The molecule has 0 aromatic heterocycles. The van der Waals surface area contributed by atoms with Crippen molar-refractivity contribution in [3.8, 4) is 0 Å². The van der Waals surface area contributed by atoms with Crippen molar-refractivity contribution in [2.45, 2.75) is 25.7 Å². The smallest absolute Gasteiger partial charge is 0.141 e. The summed E-state index contributed by atoms with van der Waals surface area (Å²) in [4.78, 5) is 0. The number of unbranched alkanes of at least 4 members (excludes halogenated alkanes) is 3. The van der Waals surface area contributed by atoms with Crippen LogP contribution < -0.4 is 0 Å². The third-order valence-corrected chi connectivity index (χ3v) is 3.40. The van der Waals surface area contributed by atoms with Crippen LogP contribution in [0.2, 0.25) is 0 Å². The molecule has 8 heteroatoms. The highest BCUT2D eigenvalue weighted by Gasteiger charge is 1.99. The fourth-order valence-electron chi connectivity index (χ4n) is 0.978. The predicted molar refractivity (Wildman–Crippen MR) is 73.2 cm³/mol. The molecule has 0 saturated carbocycles. The van der Waals surface area contributed by atoms with Gasteiger partial charge in [0.1, 0.15) is 17.5 Å². The van der Waals surface area contributed by atoms with E-state index in [1.54, 1.807) is 0 Å². The molecule has 0 aromatic carbocycles. The van der Waals surface area contributed by atoms with Gasteiger partial charge in [0.15, 0.2) is 0 Å². The second-order valence-electron chi connectivity index (χ2n) is 3.47. The summed E-state index contributed by atoms with van der Waals surface area (Å²) in [6, 6.07) is 0. The van der Waals surface area contributed by atoms with Gasteiger partial charge in [-0.25, -0.2) is 8.42 Å². The van der Waals surface area contributed by atoms with Crippen LogP contribution in [0.5, 0.6) is 0 Å². The Morgan fingerprint density at radius 3 is 1.38 bits per heavy atom. The average Bonchev–Trinajstić information content (AvgIpc) is 2.06. The molecule has 0 saturated heterocycles. The third-order valence-electron chi connectivity index (χ3n) is 1.63. The summed E-state index contributed by atoms with van der Waals surface area (Å²) in [5.41, 5.74) is 0. The van der Waals surface area contributed by atoms with Crippen LogP contribution in [0, 0.1) is 0 Å². The Bertz CT molecular complexity index is 333. The van der Waals surface area contributed by atoms with Crippen LogP contribution in [0.3, 0.4) is 0 Å². The Balaban J connectivity index is 3.29. The van der Waals surface area contributed by atoms with E-state index >= 15 is 0 Å². The van der Waals surface area contributed by atoms with Gasteiger partial charge in [-0.1, -0.05) is 12.8 Å². The highest BCUT2D eigenvalue weighted by atomic mass is 32.8. The zero-order valence-electron chi connectivity index (χ0n) is 9.51. The fraction of sp³-hybridized carbons (Fsp3) is 1.00. The van der Waals surface area contributed by atoms with Crippen molar-refractivity contribution in [2.75, 3.05) is 25.7 Å². The summed E-state index contributed by atoms with van der Waals surface area (Å²) in [6.07, 6.45) is 6.32. The zero-order valence-corrected chi connectivity index (χ0v) is 12.8. The van der Waals surface area contributed by atoms with Gasteiger partial charge in [-0.3, -0.25) is 8.37 Å². The van der Waals surface area contributed by atoms with E-state index in [1.165, 1.54) is 12.5 Å². The van der Waals surface area contributed by atoms with E-state index in [9.17, 15) is 8.42 Å². The third kappa shape index (κ3) is 14.7. The molecule has 0 spiro atoms. The van der Waals surface area contributed by atoms with Crippen molar-refractivity contribution in [3.05, 3.63) is 0 Å². The van der Waals surface area contributed by atoms with Gasteiger partial charge in [-0.05, 0) is 12.8 Å². The molecular formula is C8H18O4S4. The first-order valence-electron chi connectivity index (χ1n) is 4.89. The maximum Gasteiger partial charge on any atom is 0.141 e.